The van der Waals surface area contributed by atoms with Gasteiger partial charge in [-0.3, -0.25) is 4.79 Å². The van der Waals surface area contributed by atoms with Gasteiger partial charge in [0.25, 0.3) is 0 Å². The molecular weight excluding hydrogens is 190 g/mol. The van der Waals surface area contributed by atoms with Gasteiger partial charge in [0.05, 0.1) is 6.07 Å². The molecule has 1 aliphatic carbocycles. The van der Waals surface area contributed by atoms with Crippen LogP contribution in [0.4, 0.5) is 0 Å². The van der Waals surface area contributed by atoms with E-state index in [0.29, 0.717) is 12.8 Å². The van der Waals surface area contributed by atoms with E-state index < -0.39 is 11.4 Å². The van der Waals surface area contributed by atoms with Crippen LogP contribution in [0, 0.1) is 16.7 Å². The lowest BCUT2D eigenvalue weighted by Gasteiger charge is -2.39. The number of carboxylic acids is 1. The van der Waals surface area contributed by atoms with Crippen molar-refractivity contribution in [3.05, 3.63) is 35.9 Å². The van der Waals surface area contributed by atoms with Gasteiger partial charge in [-0.1, -0.05) is 30.3 Å². The van der Waals surface area contributed by atoms with Crippen LogP contribution in [-0.2, 0) is 4.79 Å². The lowest BCUT2D eigenvalue weighted by atomic mass is 9.61. The second-order valence-corrected chi connectivity index (χ2v) is 4.01. The van der Waals surface area contributed by atoms with Crippen molar-refractivity contribution in [2.45, 2.75) is 18.8 Å². The first-order valence-electron chi connectivity index (χ1n) is 4.87. The first kappa shape index (κ1) is 9.72. The highest BCUT2D eigenvalue weighted by Gasteiger charge is 2.51. The highest BCUT2D eigenvalue weighted by atomic mass is 16.4. The first-order chi connectivity index (χ1) is 7.18. The molecule has 0 bridgehead atoms. The van der Waals surface area contributed by atoms with Crippen molar-refractivity contribution in [2.75, 3.05) is 0 Å². The van der Waals surface area contributed by atoms with Gasteiger partial charge in [0.2, 0.25) is 0 Å². The van der Waals surface area contributed by atoms with Gasteiger partial charge in [0.15, 0.2) is 5.41 Å². The number of hydrogen-bond donors (Lipinski definition) is 1. The Morgan fingerprint density at radius 2 is 2.00 bits per heavy atom. The molecule has 1 aliphatic rings. The lowest BCUT2D eigenvalue weighted by molar-refractivity contribution is -0.150. The van der Waals surface area contributed by atoms with Crippen molar-refractivity contribution < 1.29 is 9.90 Å². The number of carbonyl (C=O) groups is 1. The average Bonchev–Trinajstić information content (AvgIpc) is 2.18. The maximum Gasteiger partial charge on any atom is 0.324 e. The predicted molar refractivity (Wildman–Crippen MR) is 54.1 cm³/mol. The monoisotopic (exact) mass is 201 g/mol. The van der Waals surface area contributed by atoms with Gasteiger partial charge in [0, 0.05) is 0 Å². The molecule has 2 rings (SSSR count). The van der Waals surface area contributed by atoms with E-state index in [0.717, 1.165) is 5.56 Å². The maximum absolute atomic E-state index is 10.9. The molecule has 1 aromatic carbocycles. The second kappa shape index (κ2) is 3.39. The van der Waals surface area contributed by atoms with Crippen LogP contribution in [0.25, 0.3) is 0 Å². The van der Waals surface area contributed by atoms with E-state index in [1.807, 2.05) is 36.4 Å². The van der Waals surface area contributed by atoms with E-state index in [4.69, 9.17) is 10.4 Å². The fourth-order valence-electron chi connectivity index (χ4n) is 2.06. The van der Waals surface area contributed by atoms with Crippen LogP contribution < -0.4 is 0 Å². The van der Waals surface area contributed by atoms with Crippen LogP contribution in [0.5, 0.6) is 0 Å². The highest BCUT2D eigenvalue weighted by molar-refractivity contribution is 5.79. The molecule has 0 atom stereocenters. The minimum atomic E-state index is -1.14. The van der Waals surface area contributed by atoms with E-state index in [2.05, 4.69) is 0 Å². The first-order valence-corrected chi connectivity index (χ1v) is 4.87. The largest absolute Gasteiger partial charge is 0.480 e. The molecule has 0 radical (unpaired) electrons. The third-order valence-electron chi connectivity index (χ3n) is 3.08. The highest BCUT2D eigenvalue weighted by Crippen LogP contribution is 2.50. The molecule has 15 heavy (non-hydrogen) atoms. The van der Waals surface area contributed by atoms with Crippen molar-refractivity contribution in [1.82, 2.24) is 0 Å². The molecule has 1 N–H and O–H groups in total. The Morgan fingerprint density at radius 3 is 2.47 bits per heavy atom. The third kappa shape index (κ3) is 1.48. The van der Waals surface area contributed by atoms with Gasteiger partial charge < -0.3 is 5.11 Å². The fraction of sp³-hybridized carbons (Fsp3) is 0.333. The van der Waals surface area contributed by atoms with Crippen molar-refractivity contribution in [2.24, 2.45) is 5.41 Å². The van der Waals surface area contributed by atoms with Gasteiger partial charge in [-0.2, -0.15) is 5.26 Å². The summed E-state index contributed by atoms with van der Waals surface area (Å²) in [6.07, 6.45) is 0.867. The molecule has 3 heteroatoms. The van der Waals surface area contributed by atoms with Gasteiger partial charge in [0.1, 0.15) is 0 Å². The number of nitrogens with zero attached hydrogens (tertiary/aromatic N) is 1. The number of aliphatic carboxylic acids is 1. The molecule has 0 heterocycles. The van der Waals surface area contributed by atoms with Crippen molar-refractivity contribution >= 4 is 5.97 Å². The molecule has 1 saturated carbocycles. The van der Waals surface area contributed by atoms with E-state index in [1.54, 1.807) is 0 Å². The van der Waals surface area contributed by atoms with E-state index >= 15 is 0 Å². The van der Waals surface area contributed by atoms with Gasteiger partial charge in [-0.25, -0.2) is 0 Å². The Hall–Kier alpha value is -1.82. The van der Waals surface area contributed by atoms with Crippen molar-refractivity contribution in [3.63, 3.8) is 0 Å². The van der Waals surface area contributed by atoms with Gasteiger partial charge in [-0.15, -0.1) is 0 Å². The zero-order valence-electron chi connectivity index (χ0n) is 8.18. The van der Waals surface area contributed by atoms with E-state index in [-0.39, 0.29) is 5.92 Å². The molecule has 76 valence electrons. The average molecular weight is 201 g/mol. The van der Waals surface area contributed by atoms with Crippen LogP contribution in [0.3, 0.4) is 0 Å². The van der Waals surface area contributed by atoms with E-state index in [1.165, 1.54) is 0 Å². The van der Waals surface area contributed by atoms with Crippen LogP contribution in [0.1, 0.15) is 24.3 Å². The zero-order chi connectivity index (χ0) is 10.9. The summed E-state index contributed by atoms with van der Waals surface area (Å²) in [6.45, 7) is 0. The molecule has 0 amide bonds. The third-order valence-corrected chi connectivity index (χ3v) is 3.08. The summed E-state index contributed by atoms with van der Waals surface area (Å²) >= 11 is 0. The number of hydrogen-bond acceptors (Lipinski definition) is 2. The molecule has 0 aliphatic heterocycles. The molecule has 1 fully saturated rings. The zero-order valence-corrected chi connectivity index (χ0v) is 8.18. The molecule has 0 saturated heterocycles. The molecule has 0 spiro atoms. The van der Waals surface area contributed by atoms with Crippen LogP contribution >= 0.6 is 0 Å². The molecule has 3 nitrogen and oxygen atoms in total. The number of carboxylic acid groups (broad SMARTS) is 1. The van der Waals surface area contributed by atoms with Crippen LogP contribution in [0.15, 0.2) is 30.3 Å². The van der Waals surface area contributed by atoms with Crippen molar-refractivity contribution in [1.29, 1.82) is 5.26 Å². The summed E-state index contributed by atoms with van der Waals surface area (Å²) < 4.78 is 0. The number of rotatable bonds is 2. The summed E-state index contributed by atoms with van der Waals surface area (Å²) in [5, 5.41) is 17.8. The molecule has 0 unspecified atom stereocenters. The molecule has 1 aromatic rings. The van der Waals surface area contributed by atoms with E-state index in [9.17, 15) is 4.79 Å². The minimum Gasteiger partial charge on any atom is -0.480 e. The number of nitriles is 1. The quantitative estimate of drug-likeness (QED) is 0.797. The summed E-state index contributed by atoms with van der Waals surface area (Å²) in [5.41, 5.74) is -0.00910. The smallest absolute Gasteiger partial charge is 0.324 e. The normalized spacial score (nSPS) is 28.9. The summed E-state index contributed by atoms with van der Waals surface area (Å²) in [7, 11) is 0. The van der Waals surface area contributed by atoms with Gasteiger partial charge in [-0.05, 0) is 24.3 Å². The Balaban J connectivity index is 2.11. The Kier molecular flexibility index (Phi) is 2.20. The standard InChI is InChI=1S/C12H11NO2/c13-8-12(11(14)15)6-10(7-12)9-4-2-1-3-5-9/h1-5,10H,6-7H2,(H,14,15). The van der Waals surface area contributed by atoms with Crippen molar-refractivity contribution in [3.8, 4) is 6.07 Å². The van der Waals surface area contributed by atoms with Gasteiger partial charge >= 0.3 is 5.97 Å². The Labute approximate surface area is 88.0 Å². The second-order valence-electron chi connectivity index (χ2n) is 4.01. The summed E-state index contributed by atoms with van der Waals surface area (Å²) in [5.74, 6) is -0.765. The summed E-state index contributed by atoms with van der Waals surface area (Å²) in [4.78, 5) is 10.9. The van der Waals surface area contributed by atoms with Crippen LogP contribution in [0.2, 0.25) is 0 Å². The summed E-state index contributed by atoms with van der Waals surface area (Å²) in [6, 6.07) is 11.7. The lowest BCUT2D eigenvalue weighted by Crippen LogP contribution is -2.41. The maximum atomic E-state index is 10.9. The Bertz CT molecular complexity index is 413. The fourth-order valence-corrected chi connectivity index (χ4v) is 2.06. The number of benzene rings is 1. The Morgan fingerprint density at radius 1 is 1.40 bits per heavy atom. The minimum absolute atomic E-state index is 0.224. The molecular formula is C12H11NO2. The van der Waals surface area contributed by atoms with Crippen LogP contribution in [-0.4, -0.2) is 11.1 Å². The predicted octanol–water partition coefficient (Wildman–Crippen LogP) is 2.16. The topological polar surface area (TPSA) is 61.1 Å². The SMILES string of the molecule is N#CC1(C(=O)O)CC(c2ccccc2)C1. The molecule has 0 aromatic heterocycles.